The molecule has 1 aromatic carbocycles. The van der Waals surface area contributed by atoms with Crippen molar-refractivity contribution in [2.75, 3.05) is 24.6 Å². The van der Waals surface area contributed by atoms with Crippen LogP contribution in [0.5, 0.6) is 0 Å². The minimum absolute atomic E-state index is 0.0379. The molecule has 1 heterocycles. The number of thioether (sulfide) groups is 2. The van der Waals surface area contributed by atoms with Crippen molar-refractivity contribution in [3.05, 3.63) is 35.4 Å². The van der Waals surface area contributed by atoms with Gasteiger partial charge >= 0.3 is 0 Å². The van der Waals surface area contributed by atoms with Crippen LogP contribution in [0.15, 0.2) is 24.3 Å². The second-order valence-corrected chi connectivity index (χ2v) is 9.32. The molecule has 0 atom stereocenters. The third kappa shape index (κ3) is 5.43. The highest BCUT2D eigenvalue weighted by molar-refractivity contribution is 8.19. The fourth-order valence-electron chi connectivity index (χ4n) is 3.38. The third-order valence-corrected chi connectivity index (χ3v) is 7.87. The van der Waals surface area contributed by atoms with Crippen LogP contribution in [-0.2, 0) is 0 Å². The number of amides is 1. The molecule has 2 aliphatic rings. The van der Waals surface area contributed by atoms with Gasteiger partial charge in [0.25, 0.3) is 5.91 Å². The summed E-state index contributed by atoms with van der Waals surface area (Å²) in [5.41, 5.74) is 2.09. The van der Waals surface area contributed by atoms with Crippen LogP contribution < -0.4 is 10.6 Å². The monoisotopic (exact) mass is 364 g/mol. The quantitative estimate of drug-likeness (QED) is 0.586. The van der Waals surface area contributed by atoms with Gasteiger partial charge in [-0.1, -0.05) is 37.8 Å². The molecule has 1 amide bonds. The van der Waals surface area contributed by atoms with Crippen LogP contribution in [0.4, 0.5) is 0 Å². The van der Waals surface area contributed by atoms with Crippen molar-refractivity contribution >= 4 is 29.4 Å². The van der Waals surface area contributed by atoms with Gasteiger partial charge < -0.3 is 10.6 Å². The standard InChI is InChI=1S/C19H28N2OS2/c22-18(21-12-11-20-17-5-3-1-2-4-6-17)15-7-9-16(10-8-15)19-23-13-14-24-19/h7-10,17,19-20H,1-6,11-14H2,(H,21,22). The third-order valence-electron chi connectivity index (χ3n) is 4.77. The molecular weight excluding hydrogens is 336 g/mol. The van der Waals surface area contributed by atoms with Gasteiger partial charge in [-0.15, -0.1) is 23.5 Å². The Morgan fingerprint density at radius 2 is 1.62 bits per heavy atom. The van der Waals surface area contributed by atoms with Crippen LogP contribution in [0.25, 0.3) is 0 Å². The van der Waals surface area contributed by atoms with Crippen molar-refractivity contribution in [1.29, 1.82) is 0 Å². The van der Waals surface area contributed by atoms with Gasteiger partial charge in [-0.05, 0) is 30.5 Å². The predicted octanol–water partition coefficient (Wildman–Crippen LogP) is 4.21. The summed E-state index contributed by atoms with van der Waals surface area (Å²) in [7, 11) is 0. The van der Waals surface area contributed by atoms with E-state index < -0.39 is 0 Å². The Balaban J connectivity index is 1.38. The summed E-state index contributed by atoms with van der Waals surface area (Å²) in [6, 6.07) is 8.78. The number of carbonyl (C=O) groups excluding carboxylic acids is 1. The molecule has 5 heteroatoms. The molecule has 2 N–H and O–H groups in total. The van der Waals surface area contributed by atoms with E-state index in [4.69, 9.17) is 0 Å². The fraction of sp³-hybridized carbons (Fsp3) is 0.632. The zero-order valence-corrected chi connectivity index (χ0v) is 15.9. The van der Waals surface area contributed by atoms with E-state index in [-0.39, 0.29) is 5.91 Å². The molecular formula is C19H28N2OS2. The summed E-state index contributed by atoms with van der Waals surface area (Å²) >= 11 is 3.99. The molecule has 24 heavy (non-hydrogen) atoms. The molecule has 3 nitrogen and oxygen atoms in total. The molecule has 0 unspecified atom stereocenters. The Morgan fingerprint density at radius 1 is 0.958 bits per heavy atom. The van der Waals surface area contributed by atoms with Crippen LogP contribution in [0.1, 0.15) is 59.0 Å². The van der Waals surface area contributed by atoms with E-state index >= 15 is 0 Å². The fourth-order valence-corrected chi connectivity index (χ4v) is 6.24. The minimum Gasteiger partial charge on any atom is -0.351 e. The highest BCUT2D eigenvalue weighted by atomic mass is 32.2. The number of hydrogen-bond acceptors (Lipinski definition) is 4. The summed E-state index contributed by atoms with van der Waals surface area (Å²) in [5.74, 6) is 2.49. The van der Waals surface area contributed by atoms with E-state index in [1.165, 1.54) is 55.6 Å². The van der Waals surface area contributed by atoms with Crippen molar-refractivity contribution in [3.8, 4) is 0 Å². The van der Waals surface area contributed by atoms with Crippen LogP contribution in [-0.4, -0.2) is 36.5 Å². The van der Waals surface area contributed by atoms with E-state index in [1.54, 1.807) is 0 Å². The normalized spacial score (nSPS) is 20.0. The summed E-state index contributed by atoms with van der Waals surface area (Å²) in [6.07, 6.45) is 8.01. The average Bonchev–Trinajstić information content (AvgIpc) is 3.03. The Hall–Kier alpha value is -0.650. The SMILES string of the molecule is O=C(NCCNC1CCCCCC1)c1ccc(C2SCCS2)cc1. The lowest BCUT2D eigenvalue weighted by Gasteiger charge is -2.16. The van der Waals surface area contributed by atoms with Gasteiger partial charge in [-0.2, -0.15) is 0 Å². The van der Waals surface area contributed by atoms with Gasteiger partial charge in [-0.3, -0.25) is 4.79 Å². The largest absolute Gasteiger partial charge is 0.351 e. The van der Waals surface area contributed by atoms with Crippen molar-refractivity contribution in [2.45, 2.75) is 49.1 Å². The zero-order valence-electron chi connectivity index (χ0n) is 14.3. The van der Waals surface area contributed by atoms with Crippen molar-refractivity contribution in [2.24, 2.45) is 0 Å². The number of benzene rings is 1. The summed E-state index contributed by atoms with van der Waals surface area (Å²) in [6.45, 7) is 1.56. The Kier molecular flexibility index (Phi) is 7.36. The van der Waals surface area contributed by atoms with E-state index in [2.05, 4.69) is 22.8 Å². The molecule has 132 valence electrons. The van der Waals surface area contributed by atoms with Crippen molar-refractivity contribution in [3.63, 3.8) is 0 Å². The number of rotatable bonds is 6. The van der Waals surface area contributed by atoms with Gasteiger partial charge in [0.2, 0.25) is 0 Å². The summed E-state index contributed by atoms with van der Waals surface area (Å²) < 4.78 is 0.547. The molecule has 1 aliphatic heterocycles. The molecule has 3 rings (SSSR count). The molecule has 1 saturated heterocycles. The van der Waals surface area contributed by atoms with E-state index in [0.717, 1.165) is 12.1 Å². The molecule has 0 aromatic heterocycles. The lowest BCUT2D eigenvalue weighted by atomic mass is 10.1. The Morgan fingerprint density at radius 3 is 2.29 bits per heavy atom. The highest BCUT2D eigenvalue weighted by Crippen LogP contribution is 2.45. The first kappa shape index (κ1) is 18.2. The van der Waals surface area contributed by atoms with Crippen LogP contribution in [0.3, 0.4) is 0 Å². The maximum Gasteiger partial charge on any atom is 0.251 e. The van der Waals surface area contributed by atoms with Gasteiger partial charge in [0, 0.05) is 36.2 Å². The van der Waals surface area contributed by atoms with Crippen LogP contribution in [0, 0.1) is 0 Å². The molecule has 1 saturated carbocycles. The second kappa shape index (κ2) is 9.73. The van der Waals surface area contributed by atoms with Gasteiger partial charge in [-0.25, -0.2) is 0 Å². The Labute approximate surface area is 154 Å². The minimum atomic E-state index is 0.0379. The number of nitrogens with one attached hydrogen (secondary N) is 2. The smallest absolute Gasteiger partial charge is 0.251 e. The van der Waals surface area contributed by atoms with Gasteiger partial charge in [0.15, 0.2) is 0 Å². The maximum absolute atomic E-state index is 12.2. The lowest BCUT2D eigenvalue weighted by Crippen LogP contribution is -2.36. The molecule has 0 bridgehead atoms. The van der Waals surface area contributed by atoms with E-state index in [9.17, 15) is 4.79 Å². The highest BCUT2D eigenvalue weighted by Gasteiger charge is 2.18. The average molecular weight is 365 g/mol. The molecule has 0 spiro atoms. The first-order valence-electron chi connectivity index (χ1n) is 9.18. The van der Waals surface area contributed by atoms with E-state index in [1.807, 2.05) is 35.7 Å². The summed E-state index contributed by atoms with van der Waals surface area (Å²) in [5, 5.41) is 6.63. The predicted molar refractivity (Wildman–Crippen MR) is 106 cm³/mol. The molecule has 1 aromatic rings. The lowest BCUT2D eigenvalue weighted by molar-refractivity contribution is 0.0953. The van der Waals surface area contributed by atoms with Crippen molar-refractivity contribution < 1.29 is 4.79 Å². The van der Waals surface area contributed by atoms with E-state index in [0.29, 0.717) is 17.2 Å². The number of hydrogen-bond donors (Lipinski definition) is 2. The first-order valence-corrected chi connectivity index (χ1v) is 11.3. The topological polar surface area (TPSA) is 41.1 Å². The molecule has 0 radical (unpaired) electrons. The van der Waals surface area contributed by atoms with Crippen LogP contribution >= 0.6 is 23.5 Å². The summed E-state index contributed by atoms with van der Waals surface area (Å²) in [4.78, 5) is 12.2. The van der Waals surface area contributed by atoms with Crippen LogP contribution in [0.2, 0.25) is 0 Å². The van der Waals surface area contributed by atoms with Gasteiger partial charge in [0.1, 0.15) is 0 Å². The zero-order chi connectivity index (χ0) is 16.6. The Bertz CT molecular complexity index is 507. The first-order chi connectivity index (χ1) is 11.8. The van der Waals surface area contributed by atoms with Crippen molar-refractivity contribution in [1.82, 2.24) is 10.6 Å². The molecule has 1 aliphatic carbocycles. The second-order valence-electron chi connectivity index (χ2n) is 6.59. The number of carbonyl (C=O) groups is 1. The van der Waals surface area contributed by atoms with Gasteiger partial charge in [0.05, 0.1) is 4.58 Å². The maximum atomic E-state index is 12.2. The molecule has 2 fully saturated rings.